The fraction of sp³-hybridized carbons (Fsp3) is 0.727. The largest absolute Gasteiger partial charge is 0.349 e. The molecule has 0 amide bonds. The minimum atomic E-state index is 0.483. The monoisotopic (exact) mass is 227 g/mol. The summed E-state index contributed by atoms with van der Waals surface area (Å²) in [5, 5.41) is 1.09. The van der Waals surface area contributed by atoms with E-state index in [-0.39, 0.29) is 0 Å². The van der Waals surface area contributed by atoms with E-state index in [2.05, 4.69) is 37.7 Å². The topological polar surface area (TPSA) is 42.2 Å². The van der Waals surface area contributed by atoms with Gasteiger partial charge in [-0.05, 0) is 20.3 Å². The van der Waals surface area contributed by atoms with E-state index in [1.54, 1.807) is 11.3 Å². The lowest BCUT2D eigenvalue weighted by Gasteiger charge is -2.19. The molecule has 2 N–H and O–H groups in total. The van der Waals surface area contributed by atoms with E-state index in [1.165, 1.54) is 10.6 Å². The Morgan fingerprint density at radius 1 is 1.47 bits per heavy atom. The lowest BCUT2D eigenvalue weighted by Crippen LogP contribution is -2.25. The molecule has 4 heteroatoms. The predicted molar refractivity (Wildman–Crippen MR) is 67.5 cm³/mol. The summed E-state index contributed by atoms with van der Waals surface area (Å²) in [6.07, 6.45) is 2.16. The smallest absolute Gasteiger partial charge is 0.185 e. The van der Waals surface area contributed by atoms with Crippen molar-refractivity contribution in [2.24, 2.45) is 5.73 Å². The number of hydrogen-bond donors (Lipinski definition) is 1. The molecule has 15 heavy (non-hydrogen) atoms. The van der Waals surface area contributed by atoms with Gasteiger partial charge in [0, 0.05) is 24.5 Å². The third kappa shape index (κ3) is 2.92. The average Bonchev–Trinajstić information content (AvgIpc) is 2.60. The lowest BCUT2D eigenvalue weighted by molar-refractivity contribution is 0.747. The number of aromatic nitrogens is 1. The third-order valence-corrected chi connectivity index (χ3v) is 3.73. The summed E-state index contributed by atoms with van der Waals surface area (Å²) < 4.78 is 0. The van der Waals surface area contributed by atoms with Crippen molar-refractivity contribution in [3.05, 3.63) is 10.6 Å². The molecule has 0 aromatic carbocycles. The minimum Gasteiger partial charge on any atom is -0.349 e. The normalized spacial score (nSPS) is 11.1. The molecule has 1 aromatic heterocycles. The van der Waals surface area contributed by atoms with Gasteiger partial charge in [-0.15, -0.1) is 11.3 Å². The molecular weight excluding hydrogens is 206 g/mol. The summed E-state index contributed by atoms with van der Waals surface area (Å²) in [5.74, 6) is 0. The molecule has 0 radical (unpaired) electrons. The van der Waals surface area contributed by atoms with Gasteiger partial charge in [-0.25, -0.2) is 4.98 Å². The van der Waals surface area contributed by atoms with Crippen molar-refractivity contribution in [3.8, 4) is 0 Å². The van der Waals surface area contributed by atoms with E-state index in [0.29, 0.717) is 12.6 Å². The zero-order valence-corrected chi connectivity index (χ0v) is 10.9. The van der Waals surface area contributed by atoms with Crippen LogP contribution >= 0.6 is 11.3 Å². The number of rotatable bonds is 5. The van der Waals surface area contributed by atoms with Gasteiger partial charge in [0.2, 0.25) is 0 Å². The number of aryl methyl sites for hydroxylation is 1. The summed E-state index contributed by atoms with van der Waals surface area (Å²) in [5.41, 5.74) is 6.91. The Kier molecular flexibility index (Phi) is 4.54. The van der Waals surface area contributed by atoms with E-state index < -0.39 is 0 Å². The Bertz CT molecular complexity index is 307. The summed E-state index contributed by atoms with van der Waals surface area (Å²) in [4.78, 5) is 8.09. The Labute approximate surface area is 96.3 Å². The van der Waals surface area contributed by atoms with Gasteiger partial charge in [0.05, 0.1) is 5.69 Å². The highest BCUT2D eigenvalue weighted by atomic mass is 32.1. The van der Waals surface area contributed by atoms with Crippen LogP contribution in [0.3, 0.4) is 0 Å². The maximum atomic E-state index is 5.72. The van der Waals surface area contributed by atoms with Crippen LogP contribution in [0.4, 0.5) is 5.13 Å². The zero-order chi connectivity index (χ0) is 11.4. The van der Waals surface area contributed by atoms with Crippen molar-refractivity contribution < 1.29 is 0 Å². The van der Waals surface area contributed by atoms with Crippen LogP contribution in [0, 0.1) is 0 Å². The van der Waals surface area contributed by atoms with Crippen LogP contribution in [-0.2, 0) is 13.0 Å². The molecular formula is C11H21N3S. The Morgan fingerprint density at radius 2 is 2.13 bits per heavy atom. The van der Waals surface area contributed by atoms with Crippen LogP contribution in [0.5, 0.6) is 0 Å². The first-order chi connectivity index (χ1) is 7.10. The quantitative estimate of drug-likeness (QED) is 0.840. The average molecular weight is 227 g/mol. The fourth-order valence-corrected chi connectivity index (χ4v) is 2.41. The van der Waals surface area contributed by atoms with E-state index in [9.17, 15) is 0 Å². The Hall–Kier alpha value is -0.610. The van der Waals surface area contributed by atoms with Crippen molar-refractivity contribution in [1.82, 2.24) is 4.98 Å². The van der Waals surface area contributed by atoms with Gasteiger partial charge in [0.25, 0.3) is 0 Å². The van der Waals surface area contributed by atoms with Crippen molar-refractivity contribution in [1.29, 1.82) is 0 Å². The fourth-order valence-electron chi connectivity index (χ4n) is 1.33. The standard InChI is InChI=1S/C11H21N3S/c1-5-6-9-10(7-12)15-11(13-9)14(4)8(2)3/h8H,5-7,12H2,1-4H3. The number of thiazole rings is 1. The van der Waals surface area contributed by atoms with Gasteiger partial charge < -0.3 is 10.6 Å². The molecule has 0 atom stereocenters. The molecule has 0 bridgehead atoms. The van der Waals surface area contributed by atoms with E-state index in [1.807, 2.05) is 0 Å². The molecule has 0 aliphatic carbocycles. The summed E-state index contributed by atoms with van der Waals surface area (Å²) >= 11 is 1.73. The molecule has 0 unspecified atom stereocenters. The molecule has 0 fully saturated rings. The first-order valence-electron chi connectivity index (χ1n) is 5.51. The van der Waals surface area contributed by atoms with Crippen LogP contribution in [0.2, 0.25) is 0 Å². The van der Waals surface area contributed by atoms with Crippen molar-refractivity contribution in [2.45, 2.75) is 46.2 Å². The molecule has 0 aliphatic rings. The van der Waals surface area contributed by atoms with Crippen LogP contribution in [0.1, 0.15) is 37.8 Å². The Morgan fingerprint density at radius 3 is 2.60 bits per heavy atom. The highest BCUT2D eigenvalue weighted by Gasteiger charge is 2.13. The van der Waals surface area contributed by atoms with Gasteiger partial charge in [-0.2, -0.15) is 0 Å². The van der Waals surface area contributed by atoms with E-state index >= 15 is 0 Å². The molecule has 0 saturated heterocycles. The van der Waals surface area contributed by atoms with Gasteiger partial charge in [-0.3, -0.25) is 0 Å². The summed E-state index contributed by atoms with van der Waals surface area (Å²) in [6, 6.07) is 0.483. The minimum absolute atomic E-state index is 0.483. The number of anilines is 1. The van der Waals surface area contributed by atoms with Gasteiger partial charge in [-0.1, -0.05) is 13.3 Å². The van der Waals surface area contributed by atoms with Crippen molar-refractivity contribution >= 4 is 16.5 Å². The molecule has 3 nitrogen and oxygen atoms in total. The number of nitrogens with zero attached hydrogens (tertiary/aromatic N) is 2. The molecule has 86 valence electrons. The van der Waals surface area contributed by atoms with Gasteiger partial charge in [0.1, 0.15) is 0 Å². The molecule has 0 spiro atoms. The highest BCUT2D eigenvalue weighted by Crippen LogP contribution is 2.27. The second-order valence-electron chi connectivity index (χ2n) is 4.03. The van der Waals surface area contributed by atoms with Crippen LogP contribution in [-0.4, -0.2) is 18.1 Å². The second kappa shape index (κ2) is 5.47. The van der Waals surface area contributed by atoms with Gasteiger partial charge in [0.15, 0.2) is 5.13 Å². The first-order valence-corrected chi connectivity index (χ1v) is 6.33. The van der Waals surface area contributed by atoms with Crippen LogP contribution in [0.15, 0.2) is 0 Å². The molecule has 1 rings (SSSR count). The molecule has 1 heterocycles. The second-order valence-corrected chi connectivity index (χ2v) is 5.09. The predicted octanol–water partition coefficient (Wildman–Crippen LogP) is 2.40. The third-order valence-electron chi connectivity index (χ3n) is 2.52. The Balaban J connectivity index is 2.91. The molecule has 0 aliphatic heterocycles. The van der Waals surface area contributed by atoms with Crippen molar-refractivity contribution in [3.63, 3.8) is 0 Å². The summed E-state index contributed by atoms with van der Waals surface area (Å²) in [7, 11) is 2.08. The first kappa shape index (κ1) is 12.5. The maximum Gasteiger partial charge on any atom is 0.185 e. The number of hydrogen-bond acceptors (Lipinski definition) is 4. The van der Waals surface area contributed by atoms with Crippen molar-refractivity contribution in [2.75, 3.05) is 11.9 Å². The summed E-state index contributed by atoms with van der Waals surface area (Å²) in [6.45, 7) is 7.12. The van der Waals surface area contributed by atoms with E-state index in [4.69, 9.17) is 5.73 Å². The SMILES string of the molecule is CCCc1nc(N(C)C(C)C)sc1CN. The number of nitrogens with two attached hydrogens (primary N) is 1. The molecule has 1 aromatic rings. The molecule has 0 saturated carbocycles. The van der Waals surface area contributed by atoms with Crippen LogP contribution < -0.4 is 10.6 Å². The highest BCUT2D eigenvalue weighted by molar-refractivity contribution is 7.15. The maximum absolute atomic E-state index is 5.72. The van der Waals surface area contributed by atoms with E-state index in [0.717, 1.165) is 18.0 Å². The van der Waals surface area contributed by atoms with Crippen LogP contribution in [0.25, 0.3) is 0 Å². The zero-order valence-electron chi connectivity index (χ0n) is 10.1. The lowest BCUT2D eigenvalue weighted by atomic mass is 10.2. The van der Waals surface area contributed by atoms with Gasteiger partial charge >= 0.3 is 0 Å².